The first kappa shape index (κ1) is 18.2. The largest absolute Gasteiger partial charge is 0.336 e. The summed E-state index contributed by atoms with van der Waals surface area (Å²) in [6.07, 6.45) is 3.02. The molecule has 1 saturated carbocycles. The summed E-state index contributed by atoms with van der Waals surface area (Å²) >= 11 is 1.80. The van der Waals surface area contributed by atoms with Crippen molar-refractivity contribution >= 4 is 28.8 Å². The Hall–Kier alpha value is -2.18. The SMILES string of the molecule is O=C(Nc1cccc(C(=O)N2CCN(CCc3cccs3)CC2)c1)C1CC1. The molecular formula is C21H25N3O2S. The number of nitrogens with one attached hydrogen (secondary N) is 1. The maximum Gasteiger partial charge on any atom is 0.254 e. The fraction of sp³-hybridized carbons (Fsp3) is 0.429. The van der Waals surface area contributed by atoms with Crippen LogP contribution in [-0.2, 0) is 11.2 Å². The Bertz CT molecular complexity index is 794. The Morgan fingerprint density at radius 3 is 2.59 bits per heavy atom. The van der Waals surface area contributed by atoms with E-state index in [4.69, 9.17) is 0 Å². The summed E-state index contributed by atoms with van der Waals surface area (Å²) < 4.78 is 0. The molecule has 2 aliphatic rings. The number of hydrogen-bond donors (Lipinski definition) is 1. The van der Waals surface area contributed by atoms with Gasteiger partial charge in [-0.15, -0.1) is 11.3 Å². The maximum absolute atomic E-state index is 12.8. The zero-order chi connectivity index (χ0) is 18.6. The Kier molecular flexibility index (Phi) is 5.55. The fourth-order valence-electron chi connectivity index (χ4n) is 3.40. The van der Waals surface area contributed by atoms with Gasteiger partial charge in [0.1, 0.15) is 0 Å². The third-order valence-corrected chi connectivity index (χ3v) is 6.18. The molecule has 0 radical (unpaired) electrons. The van der Waals surface area contributed by atoms with E-state index in [1.54, 1.807) is 17.4 Å². The lowest BCUT2D eigenvalue weighted by Gasteiger charge is -2.34. The van der Waals surface area contributed by atoms with Gasteiger partial charge in [0.05, 0.1) is 0 Å². The van der Waals surface area contributed by atoms with E-state index in [1.165, 1.54) is 4.88 Å². The van der Waals surface area contributed by atoms with Gasteiger partial charge < -0.3 is 10.2 Å². The number of benzene rings is 1. The van der Waals surface area contributed by atoms with Crippen molar-refractivity contribution in [3.63, 3.8) is 0 Å². The first-order valence-electron chi connectivity index (χ1n) is 9.64. The van der Waals surface area contributed by atoms with E-state index in [-0.39, 0.29) is 17.7 Å². The van der Waals surface area contributed by atoms with Crippen LogP contribution in [0.15, 0.2) is 41.8 Å². The lowest BCUT2D eigenvalue weighted by molar-refractivity contribution is -0.117. The molecule has 2 amide bonds. The molecule has 1 saturated heterocycles. The molecular weight excluding hydrogens is 358 g/mol. The van der Waals surface area contributed by atoms with E-state index < -0.39 is 0 Å². The van der Waals surface area contributed by atoms with Crippen LogP contribution in [0, 0.1) is 5.92 Å². The van der Waals surface area contributed by atoms with Crippen LogP contribution in [0.4, 0.5) is 5.69 Å². The molecule has 1 aliphatic carbocycles. The van der Waals surface area contributed by atoms with E-state index in [1.807, 2.05) is 23.1 Å². The van der Waals surface area contributed by atoms with E-state index in [0.29, 0.717) is 11.3 Å². The number of hydrogen-bond acceptors (Lipinski definition) is 4. The third kappa shape index (κ3) is 4.76. The number of nitrogens with zero attached hydrogens (tertiary/aromatic N) is 2. The van der Waals surface area contributed by atoms with Crippen LogP contribution in [0.2, 0.25) is 0 Å². The van der Waals surface area contributed by atoms with Crippen molar-refractivity contribution in [2.45, 2.75) is 19.3 Å². The first-order valence-corrected chi connectivity index (χ1v) is 10.5. The van der Waals surface area contributed by atoms with Crippen LogP contribution >= 0.6 is 11.3 Å². The highest BCUT2D eigenvalue weighted by Crippen LogP contribution is 2.30. The minimum atomic E-state index is 0.0513. The molecule has 2 aromatic rings. The van der Waals surface area contributed by atoms with Crippen molar-refractivity contribution in [2.24, 2.45) is 5.92 Å². The number of rotatable bonds is 6. The van der Waals surface area contributed by atoms with E-state index in [9.17, 15) is 9.59 Å². The molecule has 1 aliphatic heterocycles. The van der Waals surface area contributed by atoms with E-state index in [0.717, 1.165) is 52.0 Å². The molecule has 0 bridgehead atoms. The minimum Gasteiger partial charge on any atom is -0.336 e. The van der Waals surface area contributed by atoms with Gasteiger partial charge in [0.15, 0.2) is 0 Å². The van der Waals surface area contributed by atoms with Gasteiger partial charge >= 0.3 is 0 Å². The molecule has 142 valence electrons. The van der Waals surface area contributed by atoms with Gasteiger partial charge in [0, 0.05) is 54.8 Å². The molecule has 27 heavy (non-hydrogen) atoms. The molecule has 4 rings (SSSR count). The van der Waals surface area contributed by atoms with Gasteiger partial charge in [-0.05, 0) is 48.9 Å². The molecule has 0 unspecified atom stereocenters. The Morgan fingerprint density at radius 1 is 1.07 bits per heavy atom. The number of thiophene rings is 1. The molecule has 6 heteroatoms. The van der Waals surface area contributed by atoms with Crippen LogP contribution in [0.1, 0.15) is 28.1 Å². The molecule has 0 spiro atoms. The predicted molar refractivity (Wildman–Crippen MR) is 108 cm³/mol. The van der Waals surface area contributed by atoms with Crippen molar-refractivity contribution in [2.75, 3.05) is 38.0 Å². The Morgan fingerprint density at radius 2 is 1.89 bits per heavy atom. The van der Waals surface area contributed by atoms with Crippen LogP contribution in [0.5, 0.6) is 0 Å². The van der Waals surface area contributed by atoms with Gasteiger partial charge in [-0.1, -0.05) is 12.1 Å². The highest BCUT2D eigenvalue weighted by molar-refractivity contribution is 7.09. The lowest BCUT2D eigenvalue weighted by Crippen LogP contribution is -2.49. The molecule has 1 N–H and O–H groups in total. The molecule has 2 fully saturated rings. The van der Waals surface area contributed by atoms with Gasteiger partial charge in [0.2, 0.25) is 5.91 Å². The zero-order valence-corrected chi connectivity index (χ0v) is 16.2. The highest BCUT2D eigenvalue weighted by atomic mass is 32.1. The summed E-state index contributed by atoms with van der Waals surface area (Å²) in [4.78, 5) is 30.5. The van der Waals surface area contributed by atoms with Crippen molar-refractivity contribution in [3.05, 3.63) is 52.2 Å². The fourth-order valence-corrected chi connectivity index (χ4v) is 4.10. The van der Waals surface area contributed by atoms with Crippen molar-refractivity contribution in [3.8, 4) is 0 Å². The monoisotopic (exact) mass is 383 g/mol. The van der Waals surface area contributed by atoms with Crippen LogP contribution in [-0.4, -0.2) is 54.3 Å². The topological polar surface area (TPSA) is 52.7 Å². The number of amides is 2. The highest BCUT2D eigenvalue weighted by Gasteiger charge is 2.29. The smallest absolute Gasteiger partial charge is 0.254 e. The zero-order valence-electron chi connectivity index (χ0n) is 15.4. The molecule has 0 atom stereocenters. The summed E-state index contributed by atoms with van der Waals surface area (Å²) in [5, 5.41) is 5.04. The van der Waals surface area contributed by atoms with Gasteiger partial charge in [-0.25, -0.2) is 0 Å². The average molecular weight is 384 g/mol. The standard InChI is InChI=1S/C21H25N3O2S/c25-20(16-6-7-16)22-18-4-1-3-17(15-18)21(26)24-12-10-23(11-13-24)9-8-19-5-2-14-27-19/h1-5,14-16H,6-13H2,(H,22,25). The molecule has 2 heterocycles. The van der Waals surface area contributed by atoms with Crippen LogP contribution < -0.4 is 5.32 Å². The number of anilines is 1. The Labute approximate surface area is 164 Å². The summed E-state index contributed by atoms with van der Waals surface area (Å²) in [7, 11) is 0. The first-order chi connectivity index (χ1) is 13.2. The molecule has 1 aromatic carbocycles. The molecule has 1 aromatic heterocycles. The summed E-state index contributed by atoms with van der Waals surface area (Å²) in [5.41, 5.74) is 1.36. The van der Waals surface area contributed by atoms with Crippen molar-refractivity contribution < 1.29 is 9.59 Å². The third-order valence-electron chi connectivity index (χ3n) is 5.24. The second kappa shape index (κ2) is 8.23. The van der Waals surface area contributed by atoms with Gasteiger partial charge in [-0.2, -0.15) is 0 Å². The summed E-state index contributed by atoms with van der Waals surface area (Å²) in [6, 6.07) is 11.6. The van der Waals surface area contributed by atoms with E-state index >= 15 is 0 Å². The van der Waals surface area contributed by atoms with Crippen molar-refractivity contribution in [1.82, 2.24) is 9.80 Å². The van der Waals surface area contributed by atoms with Crippen LogP contribution in [0.3, 0.4) is 0 Å². The minimum absolute atomic E-state index is 0.0513. The van der Waals surface area contributed by atoms with Crippen LogP contribution in [0.25, 0.3) is 0 Å². The average Bonchev–Trinajstić information content (AvgIpc) is 3.43. The van der Waals surface area contributed by atoms with Gasteiger partial charge in [0.25, 0.3) is 5.91 Å². The van der Waals surface area contributed by atoms with Crippen molar-refractivity contribution in [1.29, 1.82) is 0 Å². The normalized spacial score (nSPS) is 17.7. The summed E-state index contributed by atoms with van der Waals surface area (Å²) in [6.45, 7) is 4.37. The quantitative estimate of drug-likeness (QED) is 0.834. The summed E-state index contributed by atoms with van der Waals surface area (Å²) in [5.74, 6) is 0.279. The maximum atomic E-state index is 12.8. The predicted octanol–water partition coefficient (Wildman–Crippen LogP) is 3.10. The molecule has 5 nitrogen and oxygen atoms in total. The number of carbonyl (C=O) groups excluding carboxylic acids is 2. The number of carbonyl (C=O) groups is 2. The lowest BCUT2D eigenvalue weighted by atomic mass is 10.1. The number of piperazine rings is 1. The second-order valence-electron chi connectivity index (χ2n) is 7.31. The Balaban J connectivity index is 1.29. The van der Waals surface area contributed by atoms with E-state index in [2.05, 4.69) is 27.7 Å². The second-order valence-corrected chi connectivity index (χ2v) is 8.34. The van der Waals surface area contributed by atoms with Gasteiger partial charge in [-0.3, -0.25) is 14.5 Å².